The molecular formula is C14H16F2N2O4S. The Balaban J connectivity index is 2.23. The van der Waals surface area contributed by atoms with Gasteiger partial charge >= 0.3 is 0 Å². The number of nitrogens with zero attached hydrogens (tertiary/aromatic N) is 1. The summed E-state index contributed by atoms with van der Waals surface area (Å²) in [6, 6.07) is 1.88. The third kappa shape index (κ3) is 3.57. The van der Waals surface area contributed by atoms with Crippen molar-refractivity contribution >= 4 is 10.0 Å². The molecule has 126 valence electrons. The lowest BCUT2D eigenvalue weighted by Crippen LogP contribution is -2.37. The zero-order valence-corrected chi connectivity index (χ0v) is 13.5. The molecule has 23 heavy (non-hydrogen) atoms. The highest BCUT2D eigenvalue weighted by Crippen LogP contribution is 2.23. The topological polar surface area (TPSA) is 92.4 Å². The standard InChI is InChI=1S/C14H16F2N2O4S/c1-7(13(19)10-4-5-11(15)12(16)6-10)18-23(20,21)14-8(2)17-22-9(14)3/h4-7,13,18-19H,1-3H3. The molecule has 0 saturated carbocycles. The lowest BCUT2D eigenvalue weighted by molar-refractivity contribution is 0.146. The summed E-state index contributed by atoms with van der Waals surface area (Å²) in [6.07, 6.45) is -1.36. The minimum absolute atomic E-state index is 0.0536. The van der Waals surface area contributed by atoms with Gasteiger partial charge in [-0.2, -0.15) is 0 Å². The van der Waals surface area contributed by atoms with Crippen molar-refractivity contribution in [1.29, 1.82) is 0 Å². The molecular weight excluding hydrogens is 330 g/mol. The lowest BCUT2D eigenvalue weighted by atomic mass is 10.0. The second kappa shape index (κ2) is 6.34. The fourth-order valence-electron chi connectivity index (χ4n) is 2.21. The molecule has 0 bridgehead atoms. The van der Waals surface area contributed by atoms with Crippen LogP contribution in [0.3, 0.4) is 0 Å². The number of benzene rings is 1. The monoisotopic (exact) mass is 346 g/mol. The Hall–Kier alpha value is -1.84. The van der Waals surface area contributed by atoms with Crippen molar-refractivity contribution in [3.8, 4) is 0 Å². The van der Waals surface area contributed by atoms with Crippen molar-refractivity contribution in [3.63, 3.8) is 0 Å². The van der Waals surface area contributed by atoms with Crippen LogP contribution >= 0.6 is 0 Å². The van der Waals surface area contributed by atoms with E-state index in [9.17, 15) is 22.3 Å². The molecule has 0 spiro atoms. The van der Waals surface area contributed by atoms with E-state index in [1.54, 1.807) is 0 Å². The number of aromatic nitrogens is 1. The zero-order valence-electron chi connectivity index (χ0n) is 12.7. The van der Waals surface area contributed by atoms with Crippen LogP contribution in [0.4, 0.5) is 8.78 Å². The van der Waals surface area contributed by atoms with Crippen LogP contribution in [0, 0.1) is 25.5 Å². The Morgan fingerprint density at radius 3 is 2.43 bits per heavy atom. The summed E-state index contributed by atoms with van der Waals surface area (Å²) in [5.74, 6) is -2.06. The summed E-state index contributed by atoms with van der Waals surface area (Å²) >= 11 is 0. The molecule has 0 amide bonds. The summed E-state index contributed by atoms with van der Waals surface area (Å²) in [5, 5.41) is 13.7. The molecule has 0 aliphatic carbocycles. The molecule has 0 saturated heterocycles. The summed E-state index contributed by atoms with van der Waals surface area (Å²) in [6.45, 7) is 4.33. The number of aryl methyl sites for hydroxylation is 2. The van der Waals surface area contributed by atoms with Gasteiger partial charge in [-0.3, -0.25) is 0 Å². The maximum atomic E-state index is 13.2. The second-order valence-corrected chi connectivity index (χ2v) is 6.83. The Morgan fingerprint density at radius 1 is 1.26 bits per heavy atom. The third-order valence-electron chi connectivity index (χ3n) is 3.34. The molecule has 2 rings (SSSR count). The summed E-state index contributed by atoms with van der Waals surface area (Å²) in [7, 11) is -3.98. The van der Waals surface area contributed by atoms with Crippen LogP contribution in [0.1, 0.15) is 30.0 Å². The SMILES string of the molecule is Cc1noc(C)c1S(=O)(=O)NC(C)C(O)c1ccc(F)c(F)c1. The summed E-state index contributed by atoms with van der Waals surface area (Å²) in [5.41, 5.74) is 0.238. The number of aliphatic hydroxyl groups is 1. The van der Waals surface area contributed by atoms with E-state index in [1.807, 2.05) is 0 Å². The van der Waals surface area contributed by atoms with Crippen molar-refractivity contribution in [2.24, 2.45) is 0 Å². The number of nitrogens with one attached hydrogen (secondary N) is 1. The average molecular weight is 346 g/mol. The van der Waals surface area contributed by atoms with Crippen molar-refractivity contribution < 1.29 is 26.8 Å². The van der Waals surface area contributed by atoms with Gasteiger partial charge in [0.05, 0.1) is 6.10 Å². The fourth-order valence-corrected chi connectivity index (χ4v) is 3.79. The summed E-state index contributed by atoms with van der Waals surface area (Å²) < 4.78 is 57.9. The predicted octanol–water partition coefficient (Wildman–Crippen LogP) is 1.97. The van der Waals surface area contributed by atoms with Crippen molar-refractivity contribution in [2.75, 3.05) is 0 Å². The van der Waals surface area contributed by atoms with Gasteiger partial charge in [-0.25, -0.2) is 21.9 Å². The highest BCUT2D eigenvalue weighted by molar-refractivity contribution is 7.89. The maximum Gasteiger partial charge on any atom is 0.246 e. The molecule has 2 aromatic rings. The molecule has 6 nitrogen and oxygen atoms in total. The van der Waals surface area contributed by atoms with Gasteiger partial charge in [0.1, 0.15) is 10.6 Å². The molecule has 0 radical (unpaired) electrons. The van der Waals surface area contributed by atoms with Crippen LogP contribution in [0.15, 0.2) is 27.6 Å². The van der Waals surface area contributed by atoms with Crippen LogP contribution < -0.4 is 4.72 Å². The molecule has 2 atom stereocenters. The smallest absolute Gasteiger partial charge is 0.246 e. The van der Waals surface area contributed by atoms with Gasteiger partial charge in [-0.05, 0) is 38.5 Å². The number of hydrogen-bond acceptors (Lipinski definition) is 5. The average Bonchev–Trinajstić information content (AvgIpc) is 2.80. The molecule has 1 aromatic heterocycles. The highest BCUT2D eigenvalue weighted by atomic mass is 32.2. The van der Waals surface area contributed by atoms with Crippen molar-refractivity contribution in [1.82, 2.24) is 9.88 Å². The van der Waals surface area contributed by atoms with Gasteiger partial charge in [-0.1, -0.05) is 11.2 Å². The predicted molar refractivity (Wildman–Crippen MR) is 77.1 cm³/mol. The quantitative estimate of drug-likeness (QED) is 0.863. The number of aliphatic hydroxyl groups excluding tert-OH is 1. The second-order valence-electron chi connectivity index (χ2n) is 5.18. The molecule has 0 aliphatic heterocycles. The zero-order chi connectivity index (χ0) is 17.4. The largest absolute Gasteiger partial charge is 0.387 e. The molecule has 1 heterocycles. The Labute approximate surface area is 132 Å². The van der Waals surface area contributed by atoms with Crippen molar-refractivity contribution in [3.05, 3.63) is 46.9 Å². The molecule has 0 aliphatic rings. The molecule has 0 fully saturated rings. The van der Waals surface area contributed by atoms with Gasteiger partial charge in [0.25, 0.3) is 0 Å². The normalized spacial score (nSPS) is 14.7. The number of halogens is 2. The van der Waals surface area contributed by atoms with Crippen LogP contribution in [-0.2, 0) is 10.0 Å². The Morgan fingerprint density at radius 2 is 1.91 bits per heavy atom. The number of rotatable bonds is 5. The first-order chi connectivity index (χ1) is 10.6. The van der Waals surface area contributed by atoms with E-state index in [0.717, 1.165) is 12.1 Å². The van der Waals surface area contributed by atoms with E-state index in [-0.39, 0.29) is 21.9 Å². The van der Waals surface area contributed by atoms with Crippen LogP contribution in [0.2, 0.25) is 0 Å². The van der Waals surface area contributed by atoms with Gasteiger partial charge in [-0.15, -0.1) is 0 Å². The molecule has 2 N–H and O–H groups in total. The van der Waals surface area contributed by atoms with Crippen LogP contribution in [0.25, 0.3) is 0 Å². The van der Waals surface area contributed by atoms with Gasteiger partial charge < -0.3 is 9.63 Å². The highest BCUT2D eigenvalue weighted by Gasteiger charge is 2.29. The third-order valence-corrected chi connectivity index (χ3v) is 5.14. The Bertz CT molecular complexity index is 801. The van der Waals surface area contributed by atoms with Gasteiger partial charge in [0, 0.05) is 6.04 Å². The van der Waals surface area contributed by atoms with E-state index < -0.39 is 33.8 Å². The van der Waals surface area contributed by atoms with Gasteiger partial charge in [0.2, 0.25) is 10.0 Å². The molecule has 1 aromatic carbocycles. The minimum atomic E-state index is -3.98. The van der Waals surface area contributed by atoms with E-state index in [1.165, 1.54) is 26.8 Å². The first-order valence-electron chi connectivity index (χ1n) is 6.71. The fraction of sp³-hybridized carbons (Fsp3) is 0.357. The number of hydrogen-bond donors (Lipinski definition) is 2. The lowest BCUT2D eigenvalue weighted by Gasteiger charge is -2.20. The first kappa shape index (κ1) is 17.5. The van der Waals surface area contributed by atoms with E-state index >= 15 is 0 Å². The van der Waals surface area contributed by atoms with E-state index in [4.69, 9.17) is 4.52 Å². The summed E-state index contributed by atoms with van der Waals surface area (Å²) in [4.78, 5) is -0.109. The molecule has 9 heteroatoms. The minimum Gasteiger partial charge on any atom is -0.387 e. The van der Waals surface area contributed by atoms with E-state index in [2.05, 4.69) is 9.88 Å². The number of sulfonamides is 1. The molecule has 2 unspecified atom stereocenters. The Kier molecular flexibility index (Phi) is 4.83. The van der Waals surface area contributed by atoms with Crippen LogP contribution in [0.5, 0.6) is 0 Å². The first-order valence-corrected chi connectivity index (χ1v) is 8.20. The van der Waals surface area contributed by atoms with Crippen LogP contribution in [-0.4, -0.2) is 24.7 Å². The van der Waals surface area contributed by atoms with Crippen molar-refractivity contribution in [2.45, 2.75) is 37.8 Å². The van der Waals surface area contributed by atoms with Gasteiger partial charge in [0.15, 0.2) is 17.4 Å². The maximum absolute atomic E-state index is 13.2. The van der Waals surface area contributed by atoms with E-state index in [0.29, 0.717) is 0 Å².